The van der Waals surface area contributed by atoms with Crippen LogP contribution in [0.4, 0.5) is 4.79 Å². The van der Waals surface area contributed by atoms with Crippen LogP contribution in [0.2, 0.25) is 0 Å². The van der Waals surface area contributed by atoms with Gasteiger partial charge in [-0.3, -0.25) is 0 Å². The zero-order chi connectivity index (χ0) is 25.0. The largest absolute Gasteiger partial charge is 0.449 e. The molecule has 0 spiro atoms. The molecule has 180 valence electrons. The number of aromatic nitrogens is 2. The van der Waals surface area contributed by atoms with E-state index in [4.69, 9.17) is 9.72 Å². The monoisotopic (exact) mass is 489 g/mol. The first-order valence-corrected chi connectivity index (χ1v) is 12.9. The number of ether oxygens (including phenoxy) is 1. The molecule has 8 heteroatoms. The minimum atomic E-state index is -4.12. The molecule has 1 amide bonds. The number of amides is 1. The summed E-state index contributed by atoms with van der Waals surface area (Å²) in [6.45, 7) is 5.63. The van der Waals surface area contributed by atoms with Crippen molar-refractivity contribution in [2.45, 2.75) is 32.1 Å². The van der Waals surface area contributed by atoms with E-state index < -0.39 is 16.1 Å². The second-order valence-corrected chi connectivity index (χ2v) is 9.66. The van der Waals surface area contributed by atoms with Crippen LogP contribution >= 0.6 is 0 Å². The zero-order valence-corrected chi connectivity index (χ0v) is 20.7. The number of nitrogens with one attached hydrogen (secondary N) is 1. The smallest absolute Gasteiger partial charge is 0.421 e. The van der Waals surface area contributed by atoms with Crippen molar-refractivity contribution in [2.24, 2.45) is 0 Å². The third-order valence-corrected chi connectivity index (χ3v) is 6.91. The van der Waals surface area contributed by atoms with Crippen LogP contribution in [0.1, 0.15) is 25.2 Å². The summed E-state index contributed by atoms with van der Waals surface area (Å²) in [5.74, 6) is 0.925. The van der Waals surface area contributed by atoms with Crippen molar-refractivity contribution in [2.75, 3.05) is 6.61 Å². The van der Waals surface area contributed by atoms with E-state index in [-0.39, 0.29) is 11.5 Å². The van der Waals surface area contributed by atoms with Gasteiger partial charge < -0.3 is 9.30 Å². The average Bonchev–Trinajstić information content (AvgIpc) is 3.29. The van der Waals surface area contributed by atoms with E-state index in [2.05, 4.69) is 6.92 Å². The summed E-state index contributed by atoms with van der Waals surface area (Å²) in [6, 6.07) is 22.6. The van der Waals surface area contributed by atoms with E-state index in [0.717, 1.165) is 34.8 Å². The highest BCUT2D eigenvalue weighted by atomic mass is 32.2. The molecule has 0 bridgehead atoms. The Labute approximate surface area is 205 Å². The highest BCUT2D eigenvalue weighted by molar-refractivity contribution is 7.90. The first-order chi connectivity index (χ1) is 16.8. The van der Waals surface area contributed by atoms with Crippen LogP contribution in [0.5, 0.6) is 0 Å². The van der Waals surface area contributed by atoms with Gasteiger partial charge in [0.15, 0.2) is 0 Å². The first-order valence-electron chi connectivity index (χ1n) is 11.4. The number of rotatable bonds is 7. The second kappa shape index (κ2) is 10.1. The van der Waals surface area contributed by atoms with E-state index in [0.29, 0.717) is 11.1 Å². The van der Waals surface area contributed by atoms with Gasteiger partial charge in [0.25, 0.3) is 10.0 Å². The van der Waals surface area contributed by atoms with Gasteiger partial charge in [-0.25, -0.2) is 22.9 Å². The van der Waals surface area contributed by atoms with Crippen molar-refractivity contribution in [3.63, 3.8) is 0 Å². The molecular weight excluding hydrogens is 462 g/mol. The lowest BCUT2D eigenvalue weighted by molar-refractivity contribution is 0.158. The van der Waals surface area contributed by atoms with Crippen molar-refractivity contribution in [3.8, 4) is 28.1 Å². The molecule has 0 aliphatic heterocycles. The quantitative estimate of drug-likeness (QED) is 0.370. The second-order valence-electron chi connectivity index (χ2n) is 8.00. The normalized spacial score (nSPS) is 11.3. The van der Waals surface area contributed by atoms with Gasteiger partial charge in [-0.15, -0.1) is 0 Å². The summed E-state index contributed by atoms with van der Waals surface area (Å²) in [7, 11) is -4.12. The maximum atomic E-state index is 12.9. The topological polar surface area (TPSA) is 90.3 Å². The predicted molar refractivity (Wildman–Crippen MR) is 136 cm³/mol. The molecular formula is C27H27N3O4S. The average molecular weight is 490 g/mol. The molecule has 0 unspecified atom stereocenters. The SMILES string of the molecule is CCOC(=O)NS(=O)(=O)c1ccc(C)cc1-c1ccc(-n2cc(-c3ccccc3)nc2CC)cc1. The molecule has 3 aromatic carbocycles. The Bertz CT molecular complexity index is 1440. The molecule has 1 aromatic heterocycles. The van der Waals surface area contributed by atoms with Crippen LogP contribution in [0.15, 0.2) is 83.9 Å². The Balaban J connectivity index is 1.71. The highest BCUT2D eigenvalue weighted by Gasteiger charge is 2.23. The molecule has 0 aliphatic rings. The Kier molecular flexibility index (Phi) is 7.02. The Morgan fingerprint density at radius 2 is 1.69 bits per heavy atom. The number of carbonyl (C=O) groups excluding carboxylic acids is 1. The van der Waals surface area contributed by atoms with E-state index in [1.54, 1.807) is 19.1 Å². The maximum Gasteiger partial charge on any atom is 0.421 e. The van der Waals surface area contributed by atoms with Crippen LogP contribution in [-0.4, -0.2) is 30.7 Å². The molecule has 0 fully saturated rings. The highest BCUT2D eigenvalue weighted by Crippen LogP contribution is 2.30. The fourth-order valence-corrected chi connectivity index (χ4v) is 4.97. The third kappa shape index (κ3) is 5.27. The summed E-state index contributed by atoms with van der Waals surface area (Å²) in [5, 5.41) is 0. The Morgan fingerprint density at radius 3 is 2.34 bits per heavy atom. The van der Waals surface area contributed by atoms with Crippen molar-refractivity contribution >= 4 is 16.1 Å². The van der Waals surface area contributed by atoms with Gasteiger partial charge in [-0.05, 0) is 37.6 Å². The van der Waals surface area contributed by atoms with Gasteiger partial charge in [-0.1, -0.05) is 67.1 Å². The van der Waals surface area contributed by atoms with Gasteiger partial charge in [0.2, 0.25) is 0 Å². The zero-order valence-electron chi connectivity index (χ0n) is 19.9. The maximum absolute atomic E-state index is 12.9. The Morgan fingerprint density at radius 1 is 0.971 bits per heavy atom. The summed E-state index contributed by atoms with van der Waals surface area (Å²) < 4.78 is 34.6. The van der Waals surface area contributed by atoms with Crippen LogP contribution in [0.25, 0.3) is 28.1 Å². The van der Waals surface area contributed by atoms with Crippen molar-refractivity contribution in [1.29, 1.82) is 0 Å². The van der Waals surface area contributed by atoms with E-state index in [1.807, 2.05) is 77.0 Å². The number of carbonyl (C=O) groups is 1. The fourth-order valence-electron chi connectivity index (χ4n) is 3.87. The molecule has 0 saturated heterocycles. The minimum absolute atomic E-state index is 0.00662. The van der Waals surface area contributed by atoms with Gasteiger partial charge in [0.1, 0.15) is 5.82 Å². The van der Waals surface area contributed by atoms with Crippen LogP contribution in [0.3, 0.4) is 0 Å². The third-order valence-electron chi connectivity index (χ3n) is 5.54. The number of hydrogen-bond donors (Lipinski definition) is 1. The molecule has 0 radical (unpaired) electrons. The van der Waals surface area contributed by atoms with Crippen molar-refractivity contribution in [3.05, 3.63) is 90.4 Å². The molecule has 4 aromatic rings. The summed E-state index contributed by atoms with van der Waals surface area (Å²) >= 11 is 0. The van der Waals surface area contributed by atoms with Crippen LogP contribution in [-0.2, 0) is 21.2 Å². The molecule has 1 N–H and O–H groups in total. The lowest BCUT2D eigenvalue weighted by Gasteiger charge is -2.13. The molecule has 7 nitrogen and oxygen atoms in total. The molecule has 1 heterocycles. The number of aryl methyl sites for hydroxylation is 2. The van der Waals surface area contributed by atoms with E-state index >= 15 is 0 Å². The molecule has 0 atom stereocenters. The number of hydrogen-bond acceptors (Lipinski definition) is 5. The number of nitrogens with zero attached hydrogens (tertiary/aromatic N) is 2. The fraction of sp³-hybridized carbons (Fsp3) is 0.185. The number of benzene rings is 3. The van der Waals surface area contributed by atoms with Gasteiger partial charge in [0.05, 0.1) is 17.2 Å². The molecule has 4 rings (SSSR count). The Hall–Kier alpha value is -3.91. The number of imidazole rings is 1. The van der Waals surface area contributed by atoms with Gasteiger partial charge in [0, 0.05) is 29.4 Å². The lowest BCUT2D eigenvalue weighted by atomic mass is 10.0. The summed E-state index contributed by atoms with van der Waals surface area (Å²) in [4.78, 5) is 16.6. The summed E-state index contributed by atoms with van der Waals surface area (Å²) in [6.07, 6.45) is 1.76. The van der Waals surface area contributed by atoms with Crippen LogP contribution < -0.4 is 4.72 Å². The lowest BCUT2D eigenvalue weighted by Crippen LogP contribution is -2.31. The van der Waals surface area contributed by atoms with Crippen molar-refractivity contribution < 1.29 is 17.9 Å². The molecule has 0 aliphatic carbocycles. The van der Waals surface area contributed by atoms with Crippen molar-refractivity contribution in [1.82, 2.24) is 14.3 Å². The van der Waals surface area contributed by atoms with Gasteiger partial charge in [-0.2, -0.15) is 0 Å². The molecule has 0 saturated carbocycles. The minimum Gasteiger partial charge on any atom is -0.449 e. The standard InChI is InChI=1S/C27H27N3O4S/c1-4-26-28-24(21-9-7-6-8-10-21)18-30(26)22-14-12-20(13-15-22)23-17-19(3)11-16-25(23)35(32,33)29-27(31)34-5-2/h6-18H,4-5H2,1-3H3,(H,29,31). The molecule has 35 heavy (non-hydrogen) atoms. The van der Waals surface area contributed by atoms with Gasteiger partial charge >= 0.3 is 6.09 Å². The summed E-state index contributed by atoms with van der Waals surface area (Å²) in [5.41, 5.74) is 4.96. The predicted octanol–water partition coefficient (Wildman–Crippen LogP) is 5.51. The van der Waals surface area contributed by atoms with E-state index in [1.165, 1.54) is 6.07 Å². The van der Waals surface area contributed by atoms with E-state index in [9.17, 15) is 13.2 Å². The van der Waals surface area contributed by atoms with Crippen LogP contribution in [0, 0.1) is 6.92 Å². The number of sulfonamides is 1. The first kappa shape index (κ1) is 24.2.